The molecule has 0 aliphatic rings. The summed E-state index contributed by atoms with van der Waals surface area (Å²) in [6.07, 6.45) is 0.772. The number of amides is 3. The fourth-order valence-electron chi connectivity index (χ4n) is 5.37. The van der Waals surface area contributed by atoms with Crippen LogP contribution in [0.25, 0.3) is 0 Å². The summed E-state index contributed by atoms with van der Waals surface area (Å²) in [5.74, 6) is -0.157. The van der Waals surface area contributed by atoms with Gasteiger partial charge in [0.25, 0.3) is 0 Å². The molecule has 0 heterocycles. The molecule has 1 aromatic rings. The third-order valence-electron chi connectivity index (χ3n) is 8.22. The van der Waals surface area contributed by atoms with E-state index in [9.17, 15) is 19.5 Å². The zero-order valence-electron chi connectivity index (χ0n) is 30.0. The van der Waals surface area contributed by atoms with E-state index in [1.54, 1.807) is 62.7 Å². The molecule has 0 aromatic heterocycles. The molecule has 46 heavy (non-hydrogen) atoms. The molecule has 4 atom stereocenters. The lowest BCUT2D eigenvalue weighted by Crippen LogP contribution is -2.66. The maximum Gasteiger partial charge on any atom is 0.408 e. The Kier molecular flexibility index (Phi) is 16.9. The van der Waals surface area contributed by atoms with Crippen molar-refractivity contribution in [2.75, 3.05) is 27.4 Å². The molecule has 11 heteroatoms. The maximum absolute atomic E-state index is 13.9. The molecule has 0 spiro atoms. The van der Waals surface area contributed by atoms with Gasteiger partial charge in [0.05, 0.1) is 19.8 Å². The Morgan fingerprint density at radius 2 is 1.59 bits per heavy atom. The van der Waals surface area contributed by atoms with Gasteiger partial charge in [-0.05, 0) is 81.4 Å². The smallest absolute Gasteiger partial charge is 0.408 e. The normalized spacial score (nSPS) is 15.2. The molecule has 0 radical (unpaired) electrons. The number of hydrogen-bond donors (Lipinski definition) is 4. The molecule has 0 aliphatic carbocycles. The summed E-state index contributed by atoms with van der Waals surface area (Å²) in [5.41, 5.74) is 4.30. The van der Waals surface area contributed by atoms with Crippen LogP contribution in [0.3, 0.4) is 0 Å². The third kappa shape index (κ3) is 13.4. The van der Waals surface area contributed by atoms with Gasteiger partial charge >= 0.3 is 6.09 Å². The number of nitrogens with two attached hydrogens (primary N) is 1. The number of methoxy groups -OCH3 is 2. The highest BCUT2D eigenvalue weighted by Gasteiger charge is 2.46. The number of ether oxygens (including phenoxy) is 4. The number of alkyl carbamates (subject to hydrolysis) is 1. The summed E-state index contributed by atoms with van der Waals surface area (Å²) in [6.45, 7) is 17.7. The Morgan fingerprint density at radius 1 is 0.935 bits per heavy atom. The van der Waals surface area contributed by atoms with Gasteiger partial charge in [0, 0.05) is 26.6 Å². The Balaban J connectivity index is 3.22. The van der Waals surface area contributed by atoms with E-state index < -0.39 is 47.1 Å². The van der Waals surface area contributed by atoms with Crippen molar-refractivity contribution in [1.29, 1.82) is 0 Å². The second-order valence-electron chi connectivity index (χ2n) is 14.2. The number of aliphatic hydroxyl groups is 1. The van der Waals surface area contributed by atoms with Gasteiger partial charge in [-0.25, -0.2) is 4.79 Å². The summed E-state index contributed by atoms with van der Waals surface area (Å²) in [7, 11) is 3.27. The van der Waals surface area contributed by atoms with E-state index in [2.05, 4.69) is 24.5 Å². The molecule has 0 fully saturated rings. The van der Waals surface area contributed by atoms with E-state index in [-0.39, 0.29) is 18.3 Å². The summed E-state index contributed by atoms with van der Waals surface area (Å²) >= 11 is 0. The van der Waals surface area contributed by atoms with Gasteiger partial charge in [-0.1, -0.05) is 47.6 Å². The van der Waals surface area contributed by atoms with Crippen molar-refractivity contribution in [3.05, 3.63) is 23.8 Å². The molecular formula is C35H61N3O8. The van der Waals surface area contributed by atoms with Gasteiger partial charge < -0.3 is 40.4 Å². The standard InChI is InChI=1S/C35H61N3O8/c1-22(2)26(19-25-13-16-28(44-11)29(20-25)45-18-12-17-43-10)14-15-27(39)21-35(24(5)6,38-33(42)46-34(7,8)9)32(41)37-30(23(3)4)31(36)40/h13,16,20,22-24,26-27,30,39H,12,14-15,17-19,21H2,1-11H3,(H2,36,40)(H,37,41)(H,38,42)/t26-,27-,30-,35-/m0/s1. The third-order valence-corrected chi connectivity index (χ3v) is 8.22. The second-order valence-corrected chi connectivity index (χ2v) is 14.2. The molecule has 0 saturated heterocycles. The SMILES string of the molecule is COCCCOc1cc(C[C@H](CC[C@H](O)C[C@@](NC(=O)OC(C)(C)C)(C(=O)N[C@H](C(N)=O)C(C)C)C(C)C)C(C)C)ccc1OC. The van der Waals surface area contributed by atoms with E-state index in [1.807, 2.05) is 18.2 Å². The quantitative estimate of drug-likeness (QED) is 0.143. The molecule has 1 aromatic carbocycles. The van der Waals surface area contributed by atoms with Gasteiger partial charge in [-0.3, -0.25) is 9.59 Å². The van der Waals surface area contributed by atoms with Crippen molar-refractivity contribution in [2.45, 2.75) is 118 Å². The first-order valence-corrected chi connectivity index (χ1v) is 16.4. The van der Waals surface area contributed by atoms with Crippen LogP contribution in [0.5, 0.6) is 11.5 Å². The van der Waals surface area contributed by atoms with Crippen LogP contribution in [0.1, 0.15) is 93.6 Å². The number of nitrogens with one attached hydrogen (secondary N) is 2. The Morgan fingerprint density at radius 3 is 2.09 bits per heavy atom. The molecule has 5 N–H and O–H groups in total. The molecule has 3 amide bonds. The maximum atomic E-state index is 13.9. The fraction of sp³-hybridized carbons (Fsp3) is 0.743. The van der Waals surface area contributed by atoms with Crippen molar-refractivity contribution in [3.63, 3.8) is 0 Å². The topological polar surface area (TPSA) is 158 Å². The van der Waals surface area contributed by atoms with E-state index in [0.29, 0.717) is 43.5 Å². The minimum absolute atomic E-state index is 0.0772. The minimum atomic E-state index is -1.57. The molecule has 1 rings (SSSR count). The first kappa shape index (κ1) is 41.0. The Hall–Kier alpha value is -3.05. The molecule has 0 aliphatic heterocycles. The largest absolute Gasteiger partial charge is 0.493 e. The highest BCUT2D eigenvalue weighted by Crippen LogP contribution is 2.33. The van der Waals surface area contributed by atoms with Crippen LogP contribution >= 0.6 is 0 Å². The summed E-state index contributed by atoms with van der Waals surface area (Å²) in [4.78, 5) is 39.1. The van der Waals surface area contributed by atoms with E-state index >= 15 is 0 Å². The van der Waals surface area contributed by atoms with Gasteiger partial charge in [-0.15, -0.1) is 0 Å². The first-order valence-electron chi connectivity index (χ1n) is 16.4. The highest BCUT2D eigenvalue weighted by molar-refractivity contribution is 5.94. The molecule has 264 valence electrons. The first-order chi connectivity index (χ1) is 21.4. The molecule has 0 saturated carbocycles. The summed E-state index contributed by atoms with van der Waals surface area (Å²) in [6, 6.07) is 4.98. The summed E-state index contributed by atoms with van der Waals surface area (Å²) in [5, 5.41) is 16.9. The number of primary amides is 1. The minimum Gasteiger partial charge on any atom is -0.493 e. The number of aliphatic hydroxyl groups excluding tert-OH is 1. The number of carbonyl (C=O) groups excluding carboxylic acids is 3. The lowest BCUT2D eigenvalue weighted by atomic mass is 9.78. The van der Waals surface area contributed by atoms with Crippen molar-refractivity contribution in [1.82, 2.24) is 10.6 Å². The number of carbonyl (C=O) groups is 3. The second kappa shape index (κ2) is 18.9. The lowest BCUT2D eigenvalue weighted by Gasteiger charge is -2.40. The fourth-order valence-corrected chi connectivity index (χ4v) is 5.37. The Bertz CT molecular complexity index is 1100. The van der Waals surface area contributed by atoms with Crippen LogP contribution in [-0.4, -0.2) is 73.7 Å². The lowest BCUT2D eigenvalue weighted by molar-refractivity contribution is -0.135. The van der Waals surface area contributed by atoms with Gasteiger partial charge in [0.15, 0.2) is 11.5 Å². The van der Waals surface area contributed by atoms with Crippen LogP contribution in [-0.2, 0) is 25.5 Å². The van der Waals surface area contributed by atoms with E-state index in [0.717, 1.165) is 18.4 Å². The Labute approximate surface area is 276 Å². The van der Waals surface area contributed by atoms with Crippen molar-refractivity contribution in [2.24, 2.45) is 29.4 Å². The van der Waals surface area contributed by atoms with Crippen molar-refractivity contribution < 1.29 is 38.4 Å². The summed E-state index contributed by atoms with van der Waals surface area (Å²) < 4.78 is 22.1. The van der Waals surface area contributed by atoms with Gasteiger partial charge in [0.2, 0.25) is 11.8 Å². The number of rotatable bonds is 20. The molecule has 0 unspecified atom stereocenters. The zero-order chi connectivity index (χ0) is 35.2. The molecular weight excluding hydrogens is 590 g/mol. The average molecular weight is 652 g/mol. The predicted octanol–water partition coefficient (Wildman–Crippen LogP) is 5.00. The van der Waals surface area contributed by atoms with Crippen molar-refractivity contribution in [3.8, 4) is 11.5 Å². The average Bonchev–Trinajstić information content (AvgIpc) is 2.94. The predicted molar refractivity (Wildman–Crippen MR) is 180 cm³/mol. The van der Waals surface area contributed by atoms with Crippen LogP contribution < -0.4 is 25.8 Å². The van der Waals surface area contributed by atoms with Crippen LogP contribution in [0.4, 0.5) is 4.79 Å². The zero-order valence-corrected chi connectivity index (χ0v) is 30.0. The monoisotopic (exact) mass is 651 g/mol. The van der Waals surface area contributed by atoms with E-state index in [1.165, 1.54) is 0 Å². The van der Waals surface area contributed by atoms with Crippen molar-refractivity contribution >= 4 is 17.9 Å². The van der Waals surface area contributed by atoms with E-state index in [4.69, 9.17) is 24.7 Å². The van der Waals surface area contributed by atoms with Crippen LogP contribution in [0, 0.1) is 23.7 Å². The number of hydrogen-bond acceptors (Lipinski definition) is 8. The van der Waals surface area contributed by atoms with Crippen LogP contribution in [0.15, 0.2) is 18.2 Å². The van der Waals surface area contributed by atoms with Gasteiger partial charge in [0.1, 0.15) is 17.2 Å². The van der Waals surface area contributed by atoms with Crippen LogP contribution in [0.2, 0.25) is 0 Å². The molecule has 0 bridgehead atoms. The molecule has 11 nitrogen and oxygen atoms in total. The highest BCUT2D eigenvalue weighted by atomic mass is 16.6. The van der Waals surface area contributed by atoms with Gasteiger partial charge in [-0.2, -0.15) is 0 Å². The number of benzene rings is 1.